The number of nitrogens with zero attached hydrogens (tertiary/aromatic N) is 1. The molecule has 0 bridgehead atoms. The molecule has 0 radical (unpaired) electrons. The van der Waals surface area contributed by atoms with Crippen LogP contribution in [0.2, 0.25) is 0 Å². The lowest BCUT2D eigenvalue weighted by atomic mass is 9.95. The average molecular weight is 267 g/mol. The molecule has 0 saturated heterocycles. The molecule has 2 aromatic heterocycles. The Bertz CT molecular complexity index is 549. The van der Waals surface area contributed by atoms with Crippen molar-refractivity contribution in [3.05, 3.63) is 28.1 Å². The van der Waals surface area contributed by atoms with E-state index < -0.39 is 5.97 Å². The van der Waals surface area contributed by atoms with E-state index in [1.165, 1.54) is 16.2 Å². The number of thiazole rings is 1. The standard InChI is InChI=1S/C12H13NO2S2/c1-12(2,3)9-5-4-8(17-9)10-13-7(6-16-10)11(14)15/h4-6H,1-3H3,(H,14,15). The monoisotopic (exact) mass is 267 g/mol. The van der Waals surface area contributed by atoms with Crippen LogP contribution in [0.25, 0.3) is 9.88 Å². The second-order valence-corrected chi connectivity index (χ2v) is 6.70. The van der Waals surface area contributed by atoms with Crippen LogP contribution >= 0.6 is 22.7 Å². The molecule has 0 aliphatic heterocycles. The number of rotatable bonds is 2. The molecule has 0 amide bonds. The van der Waals surface area contributed by atoms with Crippen LogP contribution in [0.3, 0.4) is 0 Å². The number of carbonyl (C=O) groups is 1. The fourth-order valence-electron chi connectivity index (χ4n) is 1.34. The Kier molecular flexibility index (Phi) is 3.05. The minimum Gasteiger partial charge on any atom is -0.476 e. The molecule has 0 saturated carbocycles. The predicted octanol–water partition coefficient (Wildman–Crippen LogP) is 3.87. The number of hydrogen-bond acceptors (Lipinski definition) is 4. The molecule has 0 unspecified atom stereocenters. The van der Waals surface area contributed by atoms with E-state index in [1.54, 1.807) is 16.7 Å². The number of carboxylic acid groups (broad SMARTS) is 1. The highest BCUT2D eigenvalue weighted by Crippen LogP contribution is 2.36. The summed E-state index contributed by atoms with van der Waals surface area (Å²) in [6.45, 7) is 6.48. The van der Waals surface area contributed by atoms with Gasteiger partial charge in [-0.1, -0.05) is 20.8 Å². The number of carboxylic acids is 1. The lowest BCUT2D eigenvalue weighted by molar-refractivity contribution is 0.0691. The Balaban J connectivity index is 2.34. The van der Waals surface area contributed by atoms with Crippen LogP contribution in [0.5, 0.6) is 0 Å². The highest BCUT2D eigenvalue weighted by atomic mass is 32.1. The molecule has 0 atom stereocenters. The van der Waals surface area contributed by atoms with Gasteiger partial charge in [0, 0.05) is 10.3 Å². The molecule has 17 heavy (non-hydrogen) atoms. The van der Waals surface area contributed by atoms with Crippen molar-refractivity contribution in [3.8, 4) is 9.88 Å². The SMILES string of the molecule is CC(C)(C)c1ccc(-c2nc(C(=O)O)cs2)s1. The molecule has 2 heterocycles. The summed E-state index contributed by atoms with van der Waals surface area (Å²) in [5.41, 5.74) is 0.242. The van der Waals surface area contributed by atoms with Gasteiger partial charge in [-0.25, -0.2) is 9.78 Å². The van der Waals surface area contributed by atoms with E-state index in [0.717, 1.165) is 9.88 Å². The van der Waals surface area contributed by atoms with E-state index in [1.807, 2.05) is 6.07 Å². The summed E-state index contributed by atoms with van der Waals surface area (Å²) < 4.78 is 0. The van der Waals surface area contributed by atoms with Gasteiger partial charge in [-0.15, -0.1) is 22.7 Å². The van der Waals surface area contributed by atoms with Gasteiger partial charge < -0.3 is 5.11 Å². The maximum absolute atomic E-state index is 10.8. The lowest BCUT2D eigenvalue weighted by Crippen LogP contribution is -2.07. The lowest BCUT2D eigenvalue weighted by Gasteiger charge is -2.15. The van der Waals surface area contributed by atoms with Gasteiger partial charge in [-0.05, 0) is 17.5 Å². The zero-order chi connectivity index (χ0) is 12.6. The maximum Gasteiger partial charge on any atom is 0.355 e. The Morgan fingerprint density at radius 2 is 2.06 bits per heavy atom. The van der Waals surface area contributed by atoms with Crippen molar-refractivity contribution in [3.63, 3.8) is 0 Å². The van der Waals surface area contributed by atoms with Crippen LogP contribution < -0.4 is 0 Å². The van der Waals surface area contributed by atoms with E-state index in [4.69, 9.17) is 5.11 Å². The quantitative estimate of drug-likeness (QED) is 0.898. The summed E-state index contributed by atoms with van der Waals surface area (Å²) in [6, 6.07) is 4.09. The van der Waals surface area contributed by atoms with Crippen LogP contribution in [0.4, 0.5) is 0 Å². The van der Waals surface area contributed by atoms with Crippen LogP contribution in [0.1, 0.15) is 36.1 Å². The van der Waals surface area contributed by atoms with Gasteiger partial charge in [0.25, 0.3) is 0 Å². The minimum atomic E-state index is -0.972. The summed E-state index contributed by atoms with van der Waals surface area (Å²) in [5, 5.41) is 11.2. The highest BCUT2D eigenvalue weighted by molar-refractivity contribution is 7.21. The Morgan fingerprint density at radius 1 is 1.35 bits per heavy atom. The van der Waals surface area contributed by atoms with Crippen molar-refractivity contribution in [1.82, 2.24) is 4.98 Å². The molecular formula is C12H13NO2S2. The molecule has 0 aliphatic rings. The molecule has 1 N–H and O–H groups in total. The minimum absolute atomic E-state index is 0.121. The third-order valence-electron chi connectivity index (χ3n) is 2.28. The second-order valence-electron chi connectivity index (χ2n) is 4.76. The summed E-state index contributed by atoms with van der Waals surface area (Å²) in [5.74, 6) is -0.972. The van der Waals surface area contributed by atoms with Crippen LogP contribution in [-0.4, -0.2) is 16.1 Å². The molecule has 0 fully saturated rings. The van der Waals surface area contributed by atoms with Gasteiger partial charge in [0.15, 0.2) is 5.69 Å². The first-order valence-corrected chi connectivity index (χ1v) is 6.87. The Hall–Kier alpha value is -1.20. The third kappa shape index (κ3) is 2.56. The smallest absolute Gasteiger partial charge is 0.355 e. The fraction of sp³-hybridized carbons (Fsp3) is 0.333. The van der Waals surface area contributed by atoms with Gasteiger partial charge >= 0.3 is 5.97 Å². The van der Waals surface area contributed by atoms with Crippen molar-refractivity contribution in [2.45, 2.75) is 26.2 Å². The van der Waals surface area contributed by atoms with Crippen molar-refractivity contribution in [2.75, 3.05) is 0 Å². The van der Waals surface area contributed by atoms with Crippen molar-refractivity contribution < 1.29 is 9.90 Å². The largest absolute Gasteiger partial charge is 0.476 e. The molecule has 0 aromatic carbocycles. The third-order valence-corrected chi connectivity index (χ3v) is 4.80. The summed E-state index contributed by atoms with van der Waals surface area (Å²) >= 11 is 3.05. The predicted molar refractivity (Wildman–Crippen MR) is 71.1 cm³/mol. The van der Waals surface area contributed by atoms with E-state index in [9.17, 15) is 4.79 Å². The van der Waals surface area contributed by atoms with Gasteiger partial charge in [0.05, 0.1) is 4.88 Å². The van der Waals surface area contributed by atoms with Crippen molar-refractivity contribution >= 4 is 28.6 Å². The second kappa shape index (κ2) is 4.23. The molecule has 2 aromatic rings. The first-order chi connectivity index (χ1) is 7.88. The number of thiophene rings is 1. The molecule has 0 spiro atoms. The molecule has 3 nitrogen and oxygen atoms in total. The van der Waals surface area contributed by atoms with Gasteiger partial charge in [0.1, 0.15) is 5.01 Å². The summed E-state index contributed by atoms with van der Waals surface area (Å²) in [4.78, 5) is 17.2. The first kappa shape index (κ1) is 12.3. The molecule has 0 aliphatic carbocycles. The molecular weight excluding hydrogens is 254 g/mol. The first-order valence-electron chi connectivity index (χ1n) is 5.17. The van der Waals surface area contributed by atoms with E-state index in [-0.39, 0.29) is 11.1 Å². The fourth-order valence-corrected chi connectivity index (χ4v) is 3.27. The van der Waals surface area contributed by atoms with E-state index >= 15 is 0 Å². The topological polar surface area (TPSA) is 50.2 Å². The van der Waals surface area contributed by atoms with Crippen LogP contribution in [0, 0.1) is 0 Å². The number of hydrogen-bond donors (Lipinski definition) is 1. The normalized spacial score (nSPS) is 11.7. The Labute approximate surface area is 108 Å². The van der Waals surface area contributed by atoms with Crippen LogP contribution in [0.15, 0.2) is 17.5 Å². The Morgan fingerprint density at radius 3 is 2.53 bits per heavy atom. The highest BCUT2D eigenvalue weighted by Gasteiger charge is 2.18. The zero-order valence-corrected chi connectivity index (χ0v) is 11.5. The van der Waals surface area contributed by atoms with Gasteiger partial charge in [0.2, 0.25) is 0 Å². The van der Waals surface area contributed by atoms with Crippen molar-refractivity contribution in [2.24, 2.45) is 0 Å². The zero-order valence-electron chi connectivity index (χ0n) is 9.85. The summed E-state index contributed by atoms with van der Waals surface area (Å²) in [7, 11) is 0. The molecule has 5 heteroatoms. The van der Waals surface area contributed by atoms with Crippen molar-refractivity contribution in [1.29, 1.82) is 0 Å². The number of aromatic carboxylic acids is 1. The van der Waals surface area contributed by atoms with Gasteiger partial charge in [-0.2, -0.15) is 0 Å². The summed E-state index contributed by atoms with van der Waals surface area (Å²) in [6.07, 6.45) is 0. The number of aromatic nitrogens is 1. The van der Waals surface area contributed by atoms with E-state index in [2.05, 4.69) is 31.8 Å². The maximum atomic E-state index is 10.8. The van der Waals surface area contributed by atoms with Gasteiger partial charge in [-0.3, -0.25) is 0 Å². The molecule has 90 valence electrons. The van der Waals surface area contributed by atoms with E-state index in [0.29, 0.717) is 0 Å². The average Bonchev–Trinajstić information content (AvgIpc) is 2.85. The van der Waals surface area contributed by atoms with Crippen LogP contribution in [-0.2, 0) is 5.41 Å². The molecule has 2 rings (SSSR count).